The Morgan fingerprint density at radius 1 is 0.636 bits per heavy atom. The smallest absolute Gasteiger partial charge is 0.224 e. The van der Waals surface area contributed by atoms with Crippen molar-refractivity contribution in [3.63, 3.8) is 0 Å². The summed E-state index contributed by atoms with van der Waals surface area (Å²) in [5.74, 6) is 0.108. The Hall–Kier alpha value is -2.55. The summed E-state index contributed by atoms with van der Waals surface area (Å²) >= 11 is 0. The highest BCUT2D eigenvalue weighted by atomic mass is 16.1. The Labute approximate surface area is 202 Å². The average Bonchev–Trinajstić information content (AvgIpc) is 2.83. The van der Waals surface area contributed by atoms with Gasteiger partial charge in [0.1, 0.15) is 0 Å². The van der Waals surface area contributed by atoms with Gasteiger partial charge in [-0.15, -0.1) is 0 Å². The SMILES string of the molecule is CCCCCCCC/C=C\CCCCCCCC(=O)Nc1ccc(Nc2ccccc2)cc1. The molecule has 0 bridgehead atoms. The molecule has 0 saturated heterocycles. The molecule has 0 aliphatic carbocycles. The third-order valence-corrected chi connectivity index (χ3v) is 5.90. The van der Waals surface area contributed by atoms with Crippen LogP contribution in [0.3, 0.4) is 0 Å². The number of allylic oxidation sites excluding steroid dienone is 2. The Balaban J connectivity index is 1.44. The molecule has 0 spiro atoms. The third-order valence-electron chi connectivity index (χ3n) is 5.90. The minimum absolute atomic E-state index is 0.108. The van der Waals surface area contributed by atoms with Crippen LogP contribution in [0.5, 0.6) is 0 Å². The molecule has 3 nitrogen and oxygen atoms in total. The van der Waals surface area contributed by atoms with E-state index in [0.29, 0.717) is 6.42 Å². The molecule has 0 aromatic heterocycles. The second-order valence-corrected chi connectivity index (χ2v) is 8.95. The summed E-state index contributed by atoms with van der Waals surface area (Å²) < 4.78 is 0. The number of carbonyl (C=O) groups excluding carboxylic acids is 1. The van der Waals surface area contributed by atoms with Crippen molar-refractivity contribution in [2.75, 3.05) is 10.6 Å². The molecular weight excluding hydrogens is 404 g/mol. The van der Waals surface area contributed by atoms with Crippen LogP contribution >= 0.6 is 0 Å². The molecule has 0 radical (unpaired) electrons. The number of amides is 1. The largest absolute Gasteiger partial charge is 0.356 e. The van der Waals surface area contributed by atoms with Crippen molar-refractivity contribution < 1.29 is 4.79 Å². The number of rotatable bonds is 18. The van der Waals surface area contributed by atoms with Crippen LogP contribution < -0.4 is 10.6 Å². The Morgan fingerprint density at radius 2 is 1.15 bits per heavy atom. The zero-order valence-electron chi connectivity index (χ0n) is 20.7. The maximum atomic E-state index is 12.2. The third kappa shape index (κ3) is 13.6. The van der Waals surface area contributed by atoms with Gasteiger partial charge in [0.25, 0.3) is 0 Å². The normalized spacial score (nSPS) is 11.1. The highest BCUT2D eigenvalue weighted by Crippen LogP contribution is 2.19. The maximum Gasteiger partial charge on any atom is 0.224 e. The number of unbranched alkanes of at least 4 members (excludes halogenated alkanes) is 11. The van der Waals surface area contributed by atoms with E-state index in [9.17, 15) is 4.79 Å². The molecule has 0 saturated carbocycles. The number of benzene rings is 2. The lowest BCUT2D eigenvalue weighted by atomic mass is 10.1. The fourth-order valence-corrected chi connectivity index (χ4v) is 3.90. The van der Waals surface area contributed by atoms with E-state index < -0.39 is 0 Å². The lowest BCUT2D eigenvalue weighted by Gasteiger charge is -2.09. The van der Waals surface area contributed by atoms with Gasteiger partial charge in [-0.1, -0.05) is 88.6 Å². The maximum absolute atomic E-state index is 12.2. The van der Waals surface area contributed by atoms with E-state index in [1.54, 1.807) is 0 Å². The summed E-state index contributed by atoms with van der Waals surface area (Å²) in [5.41, 5.74) is 2.92. The molecule has 33 heavy (non-hydrogen) atoms. The summed E-state index contributed by atoms with van der Waals surface area (Å²) in [6.07, 6.45) is 21.9. The molecule has 0 unspecified atom stereocenters. The summed E-state index contributed by atoms with van der Waals surface area (Å²) in [6.45, 7) is 2.27. The topological polar surface area (TPSA) is 41.1 Å². The number of anilines is 3. The molecular formula is C30H44N2O. The van der Waals surface area contributed by atoms with Crippen LogP contribution in [0.15, 0.2) is 66.7 Å². The highest BCUT2D eigenvalue weighted by Gasteiger charge is 2.03. The molecule has 0 aliphatic heterocycles. The molecule has 2 N–H and O–H groups in total. The van der Waals surface area contributed by atoms with Crippen LogP contribution in [0.2, 0.25) is 0 Å². The standard InChI is InChI=1S/C30H44N2O/c1-2-3-4-5-6-7-8-9-10-11-12-13-14-15-19-22-30(33)32-29-25-23-28(24-26-29)31-27-20-17-16-18-21-27/h9-10,16-18,20-21,23-26,31H,2-8,11-15,19,22H2,1H3,(H,32,33)/b10-9-. The zero-order valence-corrected chi connectivity index (χ0v) is 20.7. The minimum Gasteiger partial charge on any atom is -0.356 e. The van der Waals surface area contributed by atoms with Crippen molar-refractivity contribution in [2.24, 2.45) is 0 Å². The second kappa shape index (κ2) is 17.9. The van der Waals surface area contributed by atoms with Gasteiger partial charge in [-0.2, -0.15) is 0 Å². The van der Waals surface area contributed by atoms with Crippen molar-refractivity contribution in [1.82, 2.24) is 0 Å². The predicted molar refractivity (Wildman–Crippen MR) is 144 cm³/mol. The van der Waals surface area contributed by atoms with Crippen molar-refractivity contribution in [3.05, 3.63) is 66.7 Å². The molecule has 3 heteroatoms. The van der Waals surface area contributed by atoms with Crippen LogP contribution in [0.25, 0.3) is 0 Å². The highest BCUT2D eigenvalue weighted by molar-refractivity contribution is 5.90. The van der Waals surface area contributed by atoms with Crippen molar-refractivity contribution >= 4 is 23.0 Å². The lowest BCUT2D eigenvalue weighted by molar-refractivity contribution is -0.116. The fourth-order valence-electron chi connectivity index (χ4n) is 3.90. The number of carbonyl (C=O) groups is 1. The summed E-state index contributed by atoms with van der Waals surface area (Å²) in [6, 6.07) is 18.0. The molecule has 1 amide bonds. The van der Waals surface area contributed by atoms with E-state index in [2.05, 4.69) is 29.7 Å². The van der Waals surface area contributed by atoms with E-state index in [1.807, 2.05) is 54.6 Å². The van der Waals surface area contributed by atoms with Crippen molar-refractivity contribution in [1.29, 1.82) is 0 Å². The zero-order chi connectivity index (χ0) is 23.4. The summed E-state index contributed by atoms with van der Waals surface area (Å²) in [4.78, 5) is 12.2. The Kier molecular flexibility index (Phi) is 14.5. The van der Waals surface area contributed by atoms with Gasteiger partial charge in [0.2, 0.25) is 5.91 Å². The number of hydrogen-bond acceptors (Lipinski definition) is 2. The van der Waals surface area contributed by atoms with Gasteiger partial charge >= 0.3 is 0 Å². The van der Waals surface area contributed by atoms with Crippen LogP contribution in [-0.4, -0.2) is 5.91 Å². The van der Waals surface area contributed by atoms with E-state index in [-0.39, 0.29) is 5.91 Å². The first-order valence-corrected chi connectivity index (χ1v) is 13.1. The minimum atomic E-state index is 0.108. The first kappa shape index (κ1) is 26.7. The molecule has 2 rings (SSSR count). The van der Waals surface area contributed by atoms with Gasteiger partial charge in [0.05, 0.1) is 0 Å². The average molecular weight is 449 g/mol. The van der Waals surface area contributed by atoms with Crippen LogP contribution in [0.1, 0.15) is 96.8 Å². The van der Waals surface area contributed by atoms with Gasteiger partial charge in [0.15, 0.2) is 0 Å². The van der Waals surface area contributed by atoms with Gasteiger partial charge < -0.3 is 10.6 Å². The van der Waals surface area contributed by atoms with Gasteiger partial charge in [-0.25, -0.2) is 0 Å². The van der Waals surface area contributed by atoms with Crippen LogP contribution in [-0.2, 0) is 4.79 Å². The van der Waals surface area contributed by atoms with Crippen molar-refractivity contribution in [2.45, 2.75) is 96.8 Å². The second-order valence-electron chi connectivity index (χ2n) is 8.95. The molecule has 0 fully saturated rings. The molecule has 0 heterocycles. The first-order valence-electron chi connectivity index (χ1n) is 13.1. The van der Waals surface area contributed by atoms with Crippen LogP contribution in [0, 0.1) is 0 Å². The van der Waals surface area contributed by atoms with Crippen molar-refractivity contribution in [3.8, 4) is 0 Å². The van der Waals surface area contributed by atoms with E-state index >= 15 is 0 Å². The number of hydrogen-bond donors (Lipinski definition) is 2. The number of para-hydroxylation sites is 1. The molecule has 0 aliphatic rings. The molecule has 180 valence electrons. The molecule has 2 aromatic rings. The Bertz CT molecular complexity index is 768. The summed E-state index contributed by atoms with van der Waals surface area (Å²) in [7, 11) is 0. The monoisotopic (exact) mass is 448 g/mol. The first-order chi connectivity index (χ1) is 16.3. The molecule has 2 aromatic carbocycles. The molecule has 0 atom stereocenters. The van der Waals surface area contributed by atoms with Gasteiger partial charge in [-0.05, 0) is 68.5 Å². The van der Waals surface area contributed by atoms with E-state index in [4.69, 9.17) is 0 Å². The number of nitrogens with one attached hydrogen (secondary N) is 2. The predicted octanol–water partition coefficient (Wildman–Crippen LogP) is 9.41. The van der Waals surface area contributed by atoms with Gasteiger partial charge in [0, 0.05) is 23.5 Å². The van der Waals surface area contributed by atoms with E-state index in [1.165, 1.54) is 70.6 Å². The van der Waals surface area contributed by atoms with Gasteiger partial charge in [-0.3, -0.25) is 4.79 Å². The lowest BCUT2D eigenvalue weighted by Crippen LogP contribution is -2.10. The Morgan fingerprint density at radius 3 is 1.79 bits per heavy atom. The van der Waals surface area contributed by atoms with E-state index in [0.717, 1.165) is 29.9 Å². The summed E-state index contributed by atoms with van der Waals surface area (Å²) in [5, 5.41) is 6.36. The fraction of sp³-hybridized carbons (Fsp3) is 0.500. The van der Waals surface area contributed by atoms with Crippen LogP contribution in [0.4, 0.5) is 17.1 Å². The quantitative estimate of drug-likeness (QED) is 0.176.